The van der Waals surface area contributed by atoms with E-state index < -0.39 is 0 Å². The summed E-state index contributed by atoms with van der Waals surface area (Å²) in [5.74, 6) is 0. The first-order valence-corrected chi connectivity index (χ1v) is 5.38. The molecule has 0 aliphatic carbocycles. The summed E-state index contributed by atoms with van der Waals surface area (Å²) in [6.45, 7) is 0. The number of nitrogens with zero attached hydrogens (tertiary/aromatic N) is 1. The Morgan fingerprint density at radius 3 is 2.69 bits per heavy atom. The maximum atomic E-state index is 3.36. The first-order valence-electron chi connectivity index (χ1n) is 5.38. The van der Waals surface area contributed by atoms with Crippen LogP contribution in [0.4, 0.5) is 0 Å². The fraction of sp³-hybridized carbons (Fsp3) is 0. The number of aromatic nitrogens is 1. The van der Waals surface area contributed by atoms with Crippen molar-refractivity contribution in [1.82, 2.24) is 9.88 Å². The van der Waals surface area contributed by atoms with Gasteiger partial charge in [-0.25, -0.2) is 0 Å². The molecule has 76 valence electrons. The number of nitrogens with one attached hydrogen (secondary N) is 1. The van der Waals surface area contributed by atoms with Crippen molar-refractivity contribution in [2.24, 2.45) is 0 Å². The lowest BCUT2D eigenvalue weighted by Gasteiger charge is -2.20. The molecule has 4 rings (SSSR count). The summed E-state index contributed by atoms with van der Waals surface area (Å²) in [6, 6.07) is 12.7. The van der Waals surface area contributed by atoms with E-state index in [0.29, 0.717) is 0 Å². The molecule has 0 saturated heterocycles. The molecule has 0 radical (unpaired) electrons. The van der Waals surface area contributed by atoms with Crippen LogP contribution in [0.25, 0.3) is 24.2 Å². The van der Waals surface area contributed by atoms with Crippen LogP contribution in [0.1, 0.15) is 0 Å². The van der Waals surface area contributed by atoms with Crippen LogP contribution in [0.15, 0.2) is 36.4 Å². The van der Waals surface area contributed by atoms with Crippen LogP contribution >= 0.6 is 0 Å². The van der Waals surface area contributed by atoms with Gasteiger partial charge in [-0.1, -0.05) is 24.3 Å². The van der Waals surface area contributed by atoms with Gasteiger partial charge in [0, 0.05) is 12.4 Å². The molecule has 16 heavy (non-hydrogen) atoms. The van der Waals surface area contributed by atoms with Crippen molar-refractivity contribution in [2.75, 3.05) is 0 Å². The maximum absolute atomic E-state index is 3.36. The minimum Gasteiger partial charge on any atom is -0.353 e. The summed E-state index contributed by atoms with van der Waals surface area (Å²) in [5, 5.41) is 4.89. The van der Waals surface area contributed by atoms with E-state index in [1.165, 1.54) is 21.5 Å². The zero-order valence-corrected chi connectivity index (χ0v) is 8.64. The lowest BCUT2D eigenvalue weighted by molar-refractivity contribution is 0.823. The summed E-state index contributed by atoms with van der Waals surface area (Å²) in [4.78, 5) is 5.54. The highest BCUT2D eigenvalue weighted by molar-refractivity contribution is 5.82. The molecule has 2 heteroatoms. The van der Waals surface area contributed by atoms with E-state index in [-0.39, 0.29) is 0 Å². The second-order valence-electron chi connectivity index (χ2n) is 4.15. The van der Waals surface area contributed by atoms with Crippen LogP contribution in [0.3, 0.4) is 0 Å². The van der Waals surface area contributed by atoms with Crippen LogP contribution in [-0.4, -0.2) is 9.88 Å². The van der Waals surface area contributed by atoms with Gasteiger partial charge in [0.15, 0.2) is 0 Å². The largest absolute Gasteiger partial charge is 0.353 e. The van der Waals surface area contributed by atoms with Crippen molar-refractivity contribution < 1.29 is 0 Å². The second kappa shape index (κ2) is 2.67. The van der Waals surface area contributed by atoms with Gasteiger partial charge in [0.2, 0.25) is 0 Å². The highest BCUT2D eigenvalue weighted by Crippen LogP contribution is 2.10. The standard InChI is InChI=1S/C14H10N2/c1-2-4-11-8-16-9-12-5-6-13(15-12)14(16)7-10(11)3-1/h1-9,15H. The quantitative estimate of drug-likeness (QED) is 0.610. The van der Waals surface area contributed by atoms with E-state index >= 15 is 0 Å². The smallest absolute Gasteiger partial charge is 0.0693 e. The SMILES string of the molecule is C1=c2ccc([nH]2)=C2C=c3ccccc3=CN12. The summed E-state index contributed by atoms with van der Waals surface area (Å²) in [5.41, 5.74) is 1.22. The zero-order chi connectivity index (χ0) is 10.5. The monoisotopic (exact) mass is 206 g/mol. The molecule has 0 fully saturated rings. The Kier molecular flexibility index (Phi) is 1.33. The highest BCUT2D eigenvalue weighted by atomic mass is 15.1. The fourth-order valence-electron chi connectivity index (χ4n) is 2.31. The molecule has 2 aliphatic rings. The average Bonchev–Trinajstić information content (AvgIpc) is 2.71. The Balaban J connectivity index is 2.20. The highest BCUT2D eigenvalue weighted by Gasteiger charge is 2.11. The molecule has 3 heterocycles. The van der Waals surface area contributed by atoms with Crippen LogP contribution < -0.4 is 21.1 Å². The number of benzene rings is 1. The molecule has 0 amide bonds. The van der Waals surface area contributed by atoms with Crippen LogP contribution in [0.2, 0.25) is 0 Å². The van der Waals surface area contributed by atoms with Gasteiger partial charge in [-0.3, -0.25) is 0 Å². The van der Waals surface area contributed by atoms with Gasteiger partial charge in [-0.05, 0) is 28.6 Å². The molecule has 1 aromatic carbocycles. The Morgan fingerprint density at radius 2 is 1.75 bits per heavy atom. The molecule has 0 unspecified atom stereocenters. The minimum absolute atomic E-state index is 1.16. The molecule has 2 aliphatic heterocycles. The van der Waals surface area contributed by atoms with Gasteiger partial charge in [0.25, 0.3) is 0 Å². The van der Waals surface area contributed by atoms with Gasteiger partial charge >= 0.3 is 0 Å². The Labute approximate surface area is 92.1 Å². The lowest BCUT2D eigenvalue weighted by atomic mass is 10.1. The van der Waals surface area contributed by atoms with Crippen molar-refractivity contribution >= 4 is 24.2 Å². The third kappa shape index (κ3) is 0.959. The third-order valence-electron chi connectivity index (χ3n) is 3.11. The van der Waals surface area contributed by atoms with E-state index in [9.17, 15) is 0 Å². The third-order valence-corrected chi connectivity index (χ3v) is 3.11. The van der Waals surface area contributed by atoms with Crippen LogP contribution in [0.5, 0.6) is 0 Å². The Bertz CT molecular complexity index is 809. The average molecular weight is 206 g/mol. The van der Waals surface area contributed by atoms with Gasteiger partial charge in [0.05, 0.1) is 16.4 Å². The first-order chi connectivity index (χ1) is 7.90. The van der Waals surface area contributed by atoms with E-state index in [0.717, 1.165) is 5.35 Å². The second-order valence-corrected chi connectivity index (χ2v) is 4.15. The number of fused-ring (bicyclic) bond motifs is 4. The summed E-state index contributed by atoms with van der Waals surface area (Å²) < 4.78 is 0. The molecule has 0 spiro atoms. The Hall–Kier alpha value is -2.22. The van der Waals surface area contributed by atoms with Crippen molar-refractivity contribution in [3.8, 4) is 0 Å². The predicted molar refractivity (Wildman–Crippen MR) is 64.4 cm³/mol. The van der Waals surface area contributed by atoms with Gasteiger partial charge in [0.1, 0.15) is 0 Å². The molecule has 2 aromatic rings. The lowest BCUT2D eigenvalue weighted by Crippen LogP contribution is -2.36. The molecule has 1 aromatic heterocycles. The molecular formula is C14H10N2. The summed E-state index contributed by atoms with van der Waals surface area (Å²) >= 11 is 0. The van der Waals surface area contributed by atoms with Gasteiger partial charge < -0.3 is 9.88 Å². The van der Waals surface area contributed by atoms with Gasteiger partial charge in [-0.15, -0.1) is 0 Å². The minimum atomic E-state index is 1.16. The first kappa shape index (κ1) is 7.99. The van der Waals surface area contributed by atoms with Crippen LogP contribution in [0, 0.1) is 0 Å². The molecule has 0 atom stereocenters. The number of hydrogen-bond donors (Lipinski definition) is 1. The van der Waals surface area contributed by atoms with E-state index in [2.05, 4.69) is 64.8 Å². The van der Waals surface area contributed by atoms with Crippen molar-refractivity contribution in [3.05, 3.63) is 57.5 Å². The molecular weight excluding hydrogens is 196 g/mol. The molecule has 0 saturated carbocycles. The summed E-state index contributed by atoms with van der Waals surface area (Å²) in [6.07, 6.45) is 6.52. The van der Waals surface area contributed by atoms with Crippen LogP contribution in [-0.2, 0) is 0 Å². The normalized spacial score (nSPS) is 15.5. The van der Waals surface area contributed by atoms with Crippen molar-refractivity contribution in [2.45, 2.75) is 0 Å². The topological polar surface area (TPSA) is 19.0 Å². The number of aromatic amines is 1. The van der Waals surface area contributed by atoms with Crippen molar-refractivity contribution in [3.63, 3.8) is 0 Å². The predicted octanol–water partition coefficient (Wildman–Crippen LogP) is -0.591. The molecule has 2 nitrogen and oxygen atoms in total. The van der Waals surface area contributed by atoms with Gasteiger partial charge in [-0.2, -0.15) is 0 Å². The number of H-pyrrole nitrogens is 1. The molecule has 2 bridgehead atoms. The summed E-state index contributed by atoms with van der Waals surface area (Å²) in [7, 11) is 0. The van der Waals surface area contributed by atoms with Crippen molar-refractivity contribution in [1.29, 1.82) is 0 Å². The number of rotatable bonds is 0. The van der Waals surface area contributed by atoms with E-state index in [1.807, 2.05) is 0 Å². The number of hydrogen-bond acceptors (Lipinski definition) is 1. The maximum Gasteiger partial charge on any atom is 0.0693 e. The van der Waals surface area contributed by atoms with E-state index in [4.69, 9.17) is 0 Å². The zero-order valence-electron chi connectivity index (χ0n) is 8.64. The van der Waals surface area contributed by atoms with E-state index in [1.54, 1.807) is 0 Å². The Morgan fingerprint density at radius 1 is 0.875 bits per heavy atom. The fourth-order valence-corrected chi connectivity index (χ4v) is 2.31. The molecule has 1 N–H and O–H groups in total.